The monoisotopic (exact) mass is 410 g/mol. The lowest BCUT2D eigenvalue weighted by Gasteiger charge is -2.30. The maximum Gasteiger partial charge on any atom is 0.329 e. The van der Waals surface area contributed by atoms with E-state index in [4.69, 9.17) is 11.6 Å². The van der Waals surface area contributed by atoms with Crippen molar-refractivity contribution in [3.8, 4) is 0 Å². The van der Waals surface area contributed by atoms with Crippen molar-refractivity contribution in [2.24, 2.45) is 11.8 Å². The fourth-order valence-corrected chi connectivity index (χ4v) is 5.28. The van der Waals surface area contributed by atoms with Crippen molar-refractivity contribution in [3.05, 3.63) is 53.3 Å². The number of nitrogens with one attached hydrogen (secondary N) is 2. The Labute approximate surface area is 172 Å². The number of rotatable bonds is 3. The number of anilines is 2. The number of hydrogen-bond donors (Lipinski definition) is 2. The summed E-state index contributed by atoms with van der Waals surface area (Å²) < 4.78 is 0. The molecule has 1 saturated heterocycles. The summed E-state index contributed by atoms with van der Waals surface area (Å²) in [4.78, 5) is 43.3. The zero-order valence-corrected chi connectivity index (χ0v) is 16.3. The minimum Gasteiger partial charge on any atom is -0.322 e. The number of aromatic nitrogens is 1. The molecule has 8 heteroatoms. The normalized spacial score (nSPS) is 27.6. The third-order valence-corrected chi connectivity index (χ3v) is 6.61. The first kappa shape index (κ1) is 18.1. The Morgan fingerprint density at radius 1 is 1.24 bits per heavy atom. The average molecular weight is 411 g/mol. The summed E-state index contributed by atoms with van der Waals surface area (Å²) in [7, 11) is 0. The summed E-state index contributed by atoms with van der Waals surface area (Å²) in [6.07, 6.45) is 5.33. The lowest BCUT2D eigenvalue weighted by atomic mass is 9.81. The molecular formula is C21H19ClN4O3. The van der Waals surface area contributed by atoms with Crippen LogP contribution in [0.1, 0.15) is 36.2 Å². The highest BCUT2D eigenvalue weighted by Gasteiger charge is 2.62. The Hall–Kier alpha value is -2.93. The first-order valence-electron chi connectivity index (χ1n) is 9.66. The van der Waals surface area contributed by atoms with Gasteiger partial charge < -0.3 is 10.6 Å². The van der Waals surface area contributed by atoms with Gasteiger partial charge in [0.25, 0.3) is 11.8 Å². The summed E-state index contributed by atoms with van der Waals surface area (Å²) in [5, 5.41) is 5.89. The van der Waals surface area contributed by atoms with E-state index in [2.05, 4.69) is 15.6 Å². The molecule has 148 valence electrons. The van der Waals surface area contributed by atoms with Crippen molar-refractivity contribution in [2.75, 3.05) is 10.2 Å². The number of carbonyl (C=O) groups is 3. The van der Waals surface area contributed by atoms with Crippen LogP contribution in [0.15, 0.2) is 42.6 Å². The minimum absolute atomic E-state index is 0.199. The van der Waals surface area contributed by atoms with Crippen LogP contribution < -0.4 is 15.5 Å². The second-order valence-electron chi connectivity index (χ2n) is 7.96. The number of amides is 4. The van der Waals surface area contributed by atoms with Gasteiger partial charge in [0.2, 0.25) is 0 Å². The summed E-state index contributed by atoms with van der Waals surface area (Å²) in [5.41, 5.74) is 0.274. The molecule has 2 heterocycles. The predicted octanol–water partition coefficient (Wildman–Crippen LogP) is 3.60. The van der Waals surface area contributed by atoms with E-state index < -0.39 is 11.6 Å². The van der Waals surface area contributed by atoms with Gasteiger partial charge in [-0.3, -0.25) is 14.6 Å². The molecule has 1 aliphatic heterocycles. The highest BCUT2D eigenvalue weighted by atomic mass is 35.5. The number of halogens is 1. The van der Waals surface area contributed by atoms with Gasteiger partial charge in [-0.05, 0) is 67.9 Å². The Bertz CT molecular complexity index is 1030. The van der Waals surface area contributed by atoms with Crippen molar-refractivity contribution < 1.29 is 14.4 Å². The smallest absolute Gasteiger partial charge is 0.322 e. The Morgan fingerprint density at radius 3 is 2.76 bits per heavy atom. The van der Waals surface area contributed by atoms with E-state index in [1.165, 1.54) is 12.3 Å². The van der Waals surface area contributed by atoms with E-state index in [0.717, 1.165) is 24.2 Å². The fourth-order valence-electron chi connectivity index (χ4n) is 5.01. The maximum absolute atomic E-state index is 13.2. The van der Waals surface area contributed by atoms with E-state index in [-0.39, 0.29) is 28.4 Å². The quantitative estimate of drug-likeness (QED) is 0.756. The van der Waals surface area contributed by atoms with E-state index in [9.17, 15) is 14.4 Å². The van der Waals surface area contributed by atoms with Crippen LogP contribution in [0, 0.1) is 11.8 Å². The van der Waals surface area contributed by atoms with Gasteiger partial charge in [0.05, 0.1) is 10.7 Å². The number of benzene rings is 1. The SMILES string of the molecule is O=C(Nc1ccc(N2C(=O)NC3(CC4CCC3C4)C2=O)c(Cl)c1)c1ccccn1. The summed E-state index contributed by atoms with van der Waals surface area (Å²) in [6.45, 7) is 0. The molecule has 2 N–H and O–H groups in total. The molecule has 2 bridgehead atoms. The molecule has 3 unspecified atom stereocenters. The van der Waals surface area contributed by atoms with Crippen LogP contribution in [0.25, 0.3) is 0 Å². The van der Waals surface area contributed by atoms with Crippen LogP contribution in [0.2, 0.25) is 5.02 Å². The van der Waals surface area contributed by atoms with Gasteiger partial charge in [-0.1, -0.05) is 17.7 Å². The molecule has 2 aromatic rings. The molecule has 7 nitrogen and oxygen atoms in total. The molecule has 2 saturated carbocycles. The largest absolute Gasteiger partial charge is 0.329 e. The zero-order valence-electron chi connectivity index (χ0n) is 15.5. The van der Waals surface area contributed by atoms with Gasteiger partial charge in [-0.25, -0.2) is 9.69 Å². The zero-order chi connectivity index (χ0) is 20.2. The molecule has 3 atom stereocenters. The number of imide groups is 1. The van der Waals surface area contributed by atoms with Gasteiger partial charge in [0.15, 0.2) is 0 Å². The fraction of sp³-hybridized carbons (Fsp3) is 0.333. The molecule has 1 spiro atoms. The molecule has 1 aromatic carbocycles. The van der Waals surface area contributed by atoms with Crippen molar-refractivity contribution in [1.29, 1.82) is 0 Å². The Kier molecular flexibility index (Phi) is 4.10. The highest BCUT2D eigenvalue weighted by Crippen LogP contribution is 2.53. The molecule has 3 aliphatic rings. The summed E-state index contributed by atoms with van der Waals surface area (Å²) in [6, 6.07) is 9.35. The van der Waals surface area contributed by atoms with Crippen LogP contribution >= 0.6 is 11.6 Å². The molecule has 29 heavy (non-hydrogen) atoms. The standard InChI is InChI=1S/C21H19ClN4O3/c22-15-10-14(24-18(27)16-3-1-2-8-23-16)6-7-17(15)26-19(28)21(25-20(26)29)11-12-4-5-13(21)9-12/h1-3,6-8,10,12-13H,4-5,9,11H2,(H,24,27)(H,25,29). The van der Waals surface area contributed by atoms with Gasteiger partial charge in [0.1, 0.15) is 11.2 Å². The number of carbonyl (C=O) groups excluding carboxylic acids is 3. The van der Waals surface area contributed by atoms with Crippen LogP contribution in [0.5, 0.6) is 0 Å². The Balaban J connectivity index is 1.39. The van der Waals surface area contributed by atoms with Crippen LogP contribution in [0.4, 0.5) is 16.2 Å². The predicted molar refractivity (Wildman–Crippen MR) is 108 cm³/mol. The topological polar surface area (TPSA) is 91.4 Å². The number of urea groups is 1. The molecule has 3 fully saturated rings. The molecule has 5 rings (SSSR count). The maximum atomic E-state index is 13.2. The summed E-state index contributed by atoms with van der Waals surface area (Å²) >= 11 is 6.40. The Morgan fingerprint density at radius 2 is 2.10 bits per heavy atom. The first-order valence-corrected chi connectivity index (χ1v) is 10.0. The molecule has 2 aliphatic carbocycles. The van der Waals surface area contributed by atoms with Gasteiger partial charge in [0, 0.05) is 11.9 Å². The molecular weight excluding hydrogens is 392 g/mol. The number of nitrogens with zero attached hydrogens (tertiary/aromatic N) is 2. The second kappa shape index (κ2) is 6.56. The van der Waals surface area contributed by atoms with Crippen LogP contribution in [-0.2, 0) is 4.79 Å². The van der Waals surface area contributed by atoms with E-state index in [1.807, 2.05) is 0 Å². The van der Waals surface area contributed by atoms with Crippen molar-refractivity contribution in [1.82, 2.24) is 10.3 Å². The van der Waals surface area contributed by atoms with Crippen LogP contribution in [0.3, 0.4) is 0 Å². The lowest BCUT2D eigenvalue weighted by Crippen LogP contribution is -2.51. The lowest BCUT2D eigenvalue weighted by molar-refractivity contribution is -0.123. The number of pyridine rings is 1. The third kappa shape index (κ3) is 2.80. The van der Waals surface area contributed by atoms with E-state index in [1.54, 1.807) is 30.3 Å². The first-order chi connectivity index (χ1) is 14.0. The van der Waals surface area contributed by atoms with Crippen molar-refractivity contribution in [3.63, 3.8) is 0 Å². The van der Waals surface area contributed by atoms with Crippen LogP contribution in [-0.4, -0.2) is 28.4 Å². The molecule has 4 amide bonds. The second-order valence-corrected chi connectivity index (χ2v) is 8.36. The van der Waals surface area contributed by atoms with E-state index >= 15 is 0 Å². The van der Waals surface area contributed by atoms with Crippen molar-refractivity contribution in [2.45, 2.75) is 31.2 Å². The molecule has 1 aromatic heterocycles. The number of hydrogen-bond acceptors (Lipinski definition) is 4. The summed E-state index contributed by atoms with van der Waals surface area (Å²) in [5.74, 6) is 0.112. The van der Waals surface area contributed by atoms with Crippen molar-refractivity contribution >= 4 is 40.8 Å². The van der Waals surface area contributed by atoms with Gasteiger partial charge in [-0.2, -0.15) is 0 Å². The number of fused-ring (bicyclic) bond motifs is 3. The van der Waals surface area contributed by atoms with Gasteiger partial charge >= 0.3 is 6.03 Å². The minimum atomic E-state index is -0.783. The van der Waals surface area contributed by atoms with E-state index in [0.29, 0.717) is 23.7 Å². The van der Waals surface area contributed by atoms with Gasteiger partial charge in [-0.15, -0.1) is 0 Å². The average Bonchev–Trinajstić information content (AvgIpc) is 3.38. The molecule has 0 radical (unpaired) electrons. The third-order valence-electron chi connectivity index (χ3n) is 6.31. The highest BCUT2D eigenvalue weighted by molar-refractivity contribution is 6.36.